The van der Waals surface area contributed by atoms with Gasteiger partial charge in [-0.1, -0.05) is 30.3 Å². The average molecular weight is 429 g/mol. The molecule has 0 unspecified atom stereocenters. The van der Waals surface area contributed by atoms with Crippen molar-refractivity contribution in [2.24, 2.45) is 7.05 Å². The summed E-state index contributed by atoms with van der Waals surface area (Å²) in [4.78, 5) is 31.1. The molecule has 3 aromatic heterocycles. The monoisotopic (exact) mass is 429 g/mol. The molecule has 0 amide bonds. The highest BCUT2D eigenvalue weighted by Gasteiger charge is 2.21. The van der Waals surface area contributed by atoms with Gasteiger partial charge in [-0.2, -0.15) is 4.98 Å². The lowest BCUT2D eigenvalue weighted by Crippen LogP contribution is -2.39. The van der Waals surface area contributed by atoms with Crippen LogP contribution in [-0.2, 0) is 13.6 Å². The Balaban J connectivity index is 1.73. The number of nitrogens with zero attached hydrogens (tertiary/aromatic N) is 5. The normalized spacial score (nSPS) is 11.5. The lowest BCUT2D eigenvalue weighted by Gasteiger charge is -2.08. The summed E-state index contributed by atoms with van der Waals surface area (Å²) in [7, 11) is 1.64. The number of hydrogen-bond donors (Lipinski definition) is 0. The quantitative estimate of drug-likeness (QED) is 0.431. The highest BCUT2D eigenvalue weighted by molar-refractivity contribution is 5.76. The maximum Gasteiger partial charge on any atom is 0.332 e. The lowest BCUT2D eigenvalue weighted by atomic mass is 10.2. The number of rotatable bonds is 5. The maximum absolute atomic E-state index is 13.4. The Bertz CT molecular complexity index is 1550. The fourth-order valence-electron chi connectivity index (χ4n) is 4.09. The number of ether oxygens (including phenoxy) is 1. The van der Waals surface area contributed by atoms with Crippen LogP contribution in [0.25, 0.3) is 22.6 Å². The average Bonchev–Trinajstić information content (AvgIpc) is 3.31. The Morgan fingerprint density at radius 1 is 1.00 bits per heavy atom. The fourth-order valence-corrected chi connectivity index (χ4v) is 4.09. The molecule has 5 rings (SSSR count). The fraction of sp³-hybridized carbons (Fsp3) is 0.208. The molecule has 8 nitrogen and oxygen atoms in total. The van der Waals surface area contributed by atoms with E-state index < -0.39 is 5.69 Å². The molecule has 0 atom stereocenters. The van der Waals surface area contributed by atoms with Gasteiger partial charge in [-0.15, -0.1) is 0 Å². The molecule has 0 aliphatic carbocycles. The largest absolute Gasteiger partial charge is 0.494 e. The summed E-state index contributed by atoms with van der Waals surface area (Å²) < 4.78 is 12.0. The van der Waals surface area contributed by atoms with Crippen molar-refractivity contribution < 1.29 is 4.74 Å². The third-order valence-electron chi connectivity index (χ3n) is 5.62. The van der Waals surface area contributed by atoms with Gasteiger partial charge in [0, 0.05) is 24.6 Å². The predicted octanol–water partition coefficient (Wildman–Crippen LogP) is 2.89. The van der Waals surface area contributed by atoms with Gasteiger partial charge in [0.05, 0.1) is 13.2 Å². The van der Waals surface area contributed by atoms with Crippen LogP contribution in [0.4, 0.5) is 0 Å². The van der Waals surface area contributed by atoms with Crippen molar-refractivity contribution in [2.45, 2.75) is 20.4 Å². The van der Waals surface area contributed by atoms with E-state index in [0.717, 1.165) is 22.7 Å². The van der Waals surface area contributed by atoms with Crippen LogP contribution in [0.3, 0.4) is 0 Å². The first-order chi connectivity index (χ1) is 15.5. The molecule has 2 aromatic carbocycles. The molecule has 0 bridgehead atoms. The molecule has 32 heavy (non-hydrogen) atoms. The number of imidazole rings is 2. The minimum Gasteiger partial charge on any atom is -0.494 e. The molecule has 3 heterocycles. The molecular formula is C24H23N5O3. The first-order valence-electron chi connectivity index (χ1n) is 10.5. The molecule has 8 heteroatoms. The third kappa shape index (κ3) is 3.03. The van der Waals surface area contributed by atoms with Crippen molar-refractivity contribution >= 4 is 16.9 Å². The highest BCUT2D eigenvalue weighted by atomic mass is 16.5. The molecule has 0 fully saturated rings. The van der Waals surface area contributed by atoms with Crippen LogP contribution in [0.5, 0.6) is 5.75 Å². The standard InChI is InChI=1S/C24H23N5O3/c1-4-32-19-12-10-18(11-13-19)29-16(2)14-27-20-21(25-23(27)29)26(3)24(31)28(22(20)30)15-17-8-6-5-7-9-17/h5-14H,4,15H2,1-3H3. The molecular weight excluding hydrogens is 406 g/mol. The van der Waals surface area contributed by atoms with E-state index in [1.54, 1.807) is 11.4 Å². The van der Waals surface area contributed by atoms with E-state index in [2.05, 4.69) is 4.98 Å². The summed E-state index contributed by atoms with van der Waals surface area (Å²) in [5, 5.41) is 0. The zero-order valence-electron chi connectivity index (χ0n) is 18.1. The second-order valence-corrected chi connectivity index (χ2v) is 7.71. The van der Waals surface area contributed by atoms with Crippen molar-refractivity contribution in [3.8, 4) is 11.4 Å². The van der Waals surface area contributed by atoms with Gasteiger partial charge in [0.15, 0.2) is 11.2 Å². The molecule has 0 saturated heterocycles. The van der Waals surface area contributed by atoms with E-state index in [0.29, 0.717) is 23.5 Å². The summed E-state index contributed by atoms with van der Waals surface area (Å²) in [6.07, 6.45) is 1.87. The predicted molar refractivity (Wildman–Crippen MR) is 123 cm³/mol. The van der Waals surface area contributed by atoms with E-state index in [1.165, 1.54) is 9.13 Å². The number of fused-ring (bicyclic) bond motifs is 3. The van der Waals surface area contributed by atoms with E-state index in [-0.39, 0.29) is 12.1 Å². The Morgan fingerprint density at radius 3 is 2.41 bits per heavy atom. The van der Waals surface area contributed by atoms with Crippen molar-refractivity contribution in [2.75, 3.05) is 6.61 Å². The molecule has 0 aliphatic heterocycles. The van der Waals surface area contributed by atoms with E-state index >= 15 is 0 Å². The smallest absolute Gasteiger partial charge is 0.332 e. The molecule has 0 N–H and O–H groups in total. The van der Waals surface area contributed by atoms with Gasteiger partial charge in [0.2, 0.25) is 5.78 Å². The summed E-state index contributed by atoms with van der Waals surface area (Å²) in [5.74, 6) is 1.36. The molecule has 0 radical (unpaired) electrons. The van der Waals surface area contributed by atoms with Gasteiger partial charge >= 0.3 is 5.69 Å². The van der Waals surface area contributed by atoms with Crippen molar-refractivity contribution in [1.29, 1.82) is 0 Å². The van der Waals surface area contributed by atoms with Crippen LogP contribution < -0.4 is 16.0 Å². The zero-order chi connectivity index (χ0) is 22.4. The summed E-state index contributed by atoms with van der Waals surface area (Å²) in [6.45, 7) is 4.70. The second-order valence-electron chi connectivity index (χ2n) is 7.71. The summed E-state index contributed by atoms with van der Waals surface area (Å²) in [6, 6.07) is 17.2. The first-order valence-corrected chi connectivity index (χ1v) is 10.5. The van der Waals surface area contributed by atoms with E-state index in [4.69, 9.17) is 4.74 Å². The molecule has 5 aromatic rings. The number of aromatic nitrogens is 5. The van der Waals surface area contributed by atoms with Crippen LogP contribution >= 0.6 is 0 Å². The van der Waals surface area contributed by atoms with Gasteiger partial charge in [-0.3, -0.25) is 22.9 Å². The van der Waals surface area contributed by atoms with Gasteiger partial charge in [-0.05, 0) is 43.7 Å². The number of hydrogen-bond acceptors (Lipinski definition) is 4. The van der Waals surface area contributed by atoms with Crippen molar-refractivity contribution in [1.82, 2.24) is 23.1 Å². The first kappa shape index (κ1) is 19.9. The second kappa shape index (κ2) is 7.56. The van der Waals surface area contributed by atoms with Crippen LogP contribution in [-0.4, -0.2) is 29.7 Å². The van der Waals surface area contributed by atoms with Gasteiger partial charge < -0.3 is 4.74 Å². The maximum atomic E-state index is 13.4. The molecule has 162 valence electrons. The summed E-state index contributed by atoms with van der Waals surface area (Å²) in [5.41, 5.74) is 2.69. The Labute approximate surface area is 183 Å². The SMILES string of the molecule is CCOc1ccc(-n2c(C)cn3c4c(=O)n(Cc5ccccc5)c(=O)n(C)c4nc23)cc1. The Kier molecular flexibility index (Phi) is 4.70. The van der Waals surface area contributed by atoms with Crippen LogP contribution in [0.1, 0.15) is 18.2 Å². The topological polar surface area (TPSA) is 75.5 Å². The number of benzene rings is 2. The Morgan fingerprint density at radius 2 is 1.72 bits per heavy atom. The van der Waals surface area contributed by atoms with Crippen LogP contribution in [0.2, 0.25) is 0 Å². The van der Waals surface area contributed by atoms with Gasteiger partial charge in [0.25, 0.3) is 5.56 Å². The van der Waals surface area contributed by atoms with Crippen molar-refractivity contribution in [3.05, 3.63) is 92.9 Å². The minimum atomic E-state index is -0.392. The molecule has 0 spiro atoms. The van der Waals surface area contributed by atoms with E-state index in [1.807, 2.05) is 79.2 Å². The van der Waals surface area contributed by atoms with E-state index in [9.17, 15) is 9.59 Å². The lowest BCUT2D eigenvalue weighted by molar-refractivity contribution is 0.340. The molecule has 0 aliphatic rings. The number of aryl methyl sites for hydroxylation is 2. The van der Waals surface area contributed by atoms with Gasteiger partial charge in [-0.25, -0.2) is 4.79 Å². The zero-order valence-corrected chi connectivity index (χ0v) is 18.1. The van der Waals surface area contributed by atoms with Gasteiger partial charge in [0.1, 0.15) is 5.75 Å². The summed E-state index contributed by atoms with van der Waals surface area (Å²) >= 11 is 0. The molecule has 0 saturated carbocycles. The third-order valence-corrected chi connectivity index (χ3v) is 5.62. The minimum absolute atomic E-state index is 0.202. The van der Waals surface area contributed by atoms with Crippen LogP contribution in [0, 0.1) is 6.92 Å². The van der Waals surface area contributed by atoms with Crippen LogP contribution in [0.15, 0.2) is 70.4 Å². The Hall–Kier alpha value is -4.07. The van der Waals surface area contributed by atoms with Crippen molar-refractivity contribution in [3.63, 3.8) is 0 Å². The highest BCUT2D eigenvalue weighted by Crippen LogP contribution is 2.23.